The molecular formula is C40H37N3O2. The van der Waals surface area contributed by atoms with Crippen molar-refractivity contribution in [1.82, 2.24) is 14.9 Å². The molecule has 0 aliphatic rings. The van der Waals surface area contributed by atoms with Gasteiger partial charge >= 0.3 is 0 Å². The lowest BCUT2D eigenvalue weighted by Gasteiger charge is -2.37. The first-order valence-corrected chi connectivity index (χ1v) is 15.3. The Kier molecular flexibility index (Phi) is 8.99. The number of nitrogens with one attached hydrogen (secondary N) is 1. The fourth-order valence-corrected chi connectivity index (χ4v) is 6.38. The van der Waals surface area contributed by atoms with Crippen molar-refractivity contribution in [2.24, 2.45) is 0 Å². The topological polar surface area (TPSA) is 67.2 Å². The van der Waals surface area contributed by atoms with Crippen LogP contribution in [0.3, 0.4) is 0 Å². The third-order valence-electron chi connectivity index (χ3n) is 8.42. The van der Waals surface area contributed by atoms with Crippen molar-refractivity contribution < 1.29 is 9.90 Å². The van der Waals surface area contributed by atoms with Crippen LogP contribution in [0.25, 0.3) is 0 Å². The zero-order valence-electron chi connectivity index (χ0n) is 25.2. The smallest absolute Gasteiger partial charge is 0.224 e. The minimum Gasteiger partial charge on any atom is -0.394 e. The molecule has 5 aromatic carbocycles. The van der Waals surface area contributed by atoms with Gasteiger partial charge in [0.2, 0.25) is 5.91 Å². The highest BCUT2D eigenvalue weighted by Crippen LogP contribution is 2.41. The van der Waals surface area contributed by atoms with E-state index in [4.69, 9.17) is 4.98 Å². The predicted molar refractivity (Wildman–Crippen MR) is 179 cm³/mol. The second kappa shape index (κ2) is 13.6. The summed E-state index contributed by atoms with van der Waals surface area (Å²) in [6, 6.07) is 51.0. The third kappa shape index (κ3) is 6.49. The van der Waals surface area contributed by atoms with Crippen LogP contribution in [-0.2, 0) is 29.6 Å². The summed E-state index contributed by atoms with van der Waals surface area (Å²) in [5.74, 6) is -0.141. The Bertz CT molecular complexity index is 1690. The van der Waals surface area contributed by atoms with Gasteiger partial charge in [-0.15, -0.1) is 0 Å². The molecule has 0 aliphatic heterocycles. The molecule has 6 aromatic rings. The first-order valence-electron chi connectivity index (χ1n) is 15.3. The number of benzene rings is 5. The Balaban J connectivity index is 1.42. The highest BCUT2D eigenvalue weighted by atomic mass is 16.3. The number of rotatable bonds is 12. The number of hydrogen-bond donors (Lipinski definition) is 2. The molecule has 2 N–H and O–H groups in total. The fraction of sp³-hybridized carbons (Fsp3) is 0.150. The molecule has 1 amide bonds. The molecule has 0 fully saturated rings. The Morgan fingerprint density at radius 3 is 1.53 bits per heavy atom. The molecule has 224 valence electrons. The van der Waals surface area contributed by atoms with Crippen LogP contribution in [0.15, 0.2) is 164 Å². The van der Waals surface area contributed by atoms with Crippen LogP contribution in [0.4, 0.5) is 0 Å². The average molecular weight is 592 g/mol. The van der Waals surface area contributed by atoms with Gasteiger partial charge in [-0.05, 0) is 34.2 Å². The lowest BCUT2D eigenvalue weighted by molar-refractivity contribution is -0.123. The Labute approximate surface area is 264 Å². The van der Waals surface area contributed by atoms with Gasteiger partial charge in [0.15, 0.2) is 0 Å². The number of aromatic nitrogens is 2. The summed E-state index contributed by atoms with van der Waals surface area (Å²) in [5, 5.41) is 14.2. The van der Waals surface area contributed by atoms with Crippen molar-refractivity contribution in [3.8, 4) is 0 Å². The number of nitrogens with zero attached hydrogens (tertiary/aromatic N) is 2. The number of aliphatic hydroxyl groups is 1. The summed E-state index contributed by atoms with van der Waals surface area (Å²) in [7, 11) is 0. The van der Waals surface area contributed by atoms with Gasteiger partial charge in [0.05, 0.1) is 30.6 Å². The van der Waals surface area contributed by atoms with Crippen LogP contribution in [-0.4, -0.2) is 32.7 Å². The summed E-state index contributed by atoms with van der Waals surface area (Å²) in [4.78, 5) is 18.4. The molecule has 6 rings (SSSR count). The molecular weight excluding hydrogens is 554 g/mol. The van der Waals surface area contributed by atoms with E-state index in [-0.39, 0.29) is 18.9 Å². The first-order chi connectivity index (χ1) is 22.1. The van der Waals surface area contributed by atoms with Crippen LogP contribution in [0.2, 0.25) is 0 Å². The van der Waals surface area contributed by atoms with Gasteiger partial charge in [-0.25, -0.2) is 4.98 Å². The molecule has 1 unspecified atom stereocenters. The summed E-state index contributed by atoms with van der Waals surface area (Å²) in [6.07, 6.45) is 4.97. The standard InChI is InChI=1S/C40H37N3O2/c44-30-39(27-33-18-8-2-9-19-33,42-38(45)26-32-16-6-1-7-17-32)28-37-29-43(31-41-37)40(34-20-10-3-11-21-34,35-22-12-4-13-23-35)36-24-14-5-15-25-36/h1-25,29,31,44H,26-28,30H2,(H,42,45). The van der Waals surface area contributed by atoms with Crippen molar-refractivity contribution in [1.29, 1.82) is 0 Å². The number of aliphatic hydroxyl groups excluding tert-OH is 1. The Hall–Kier alpha value is -5.26. The van der Waals surface area contributed by atoms with Gasteiger partial charge in [-0.2, -0.15) is 0 Å². The van der Waals surface area contributed by atoms with E-state index in [0.29, 0.717) is 12.8 Å². The summed E-state index contributed by atoms with van der Waals surface area (Å²) in [5.41, 5.74) is 4.35. The molecule has 0 saturated heterocycles. The van der Waals surface area contributed by atoms with Crippen molar-refractivity contribution >= 4 is 5.91 Å². The van der Waals surface area contributed by atoms with Gasteiger partial charge in [0.25, 0.3) is 0 Å². The molecule has 0 saturated carbocycles. The molecule has 45 heavy (non-hydrogen) atoms. The van der Waals surface area contributed by atoms with Gasteiger partial charge in [0, 0.05) is 12.6 Å². The van der Waals surface area contributed by atoms with Crippen LogP contribution >= 0.6 is 0 Å². The second-order valence-corrected chi connectivity index (χ2v) is 11.6. The van der Waals surface area contributed by atoms with E-state index < -0.39 is 11.1 Å². The maximum absolute atomic E-state index is 13.4. The molecule has 0 aliphatic carbocycles. The number of imidazole rings is 1. The predicted octanol–water partition coefficient (Wildman–Crippen LogP) is 6.60. The van der Waals surface area contributed by atoms with E-state index >= 15 is 0 Å². The molecule has 5 nitrogen and oxygen atoms in total. The van der Waals surface area contributed by atoms with Crippen molar-refractivity contribution in [3.05, 3.63) is 198 Å². The monoisotopic (exact) mass is 591 g/mol. The van der Waals surface area contributed by atoms with Crippen molar-refractivity contribution in [2.75, 3.05) is 6.61 Å². The quantitative estimate of drug-likeness (QED) is 0.158. The first kappa shape index (κ1) is 29.8. The second-order valence-electron chi connectivity index (χ2n) is 11.6. The average Bonchev–Trinajstić information content (AvgIpc) is 3.55. The number of carbonyl (C=O) groups excluding carboxylic acids is 1. The van der Waals surface area contributed by atoms with Crippen LogP contribution in [0.5, 0.6) is 0 Å². The SMILES string of the molecule is O=C(Cc1ccccc1)NC(CO)(Cc1ccccc1)Cc1cn(C(c2ccccc2)(c2ccccc2)c2ccccc2)cn1. The van der Waals surface area contributed by atoms with Gasteiger partial charge in [0.1, 0.15) is 5.54 Å². The molecule has 5 heteroatoms. The van der Waals surface area contributed by atoms with E-state index in [9.17, 15) is 9.90 Å². The van der Waals surface area contributed by atoms with E-state index in [0.717, 1.165) is 33.5 Å². The molecule has 0 bridgehead atoms. The largest absolute Gasteiger partial charge is 0.394 e. The molecule has 0 spiro atoms. The van der Waals surface area contributed by atoms with Gasteiger partial charge in [-0.3, -0.25) is 4.79 Å². The van der Waals surface area contributed by atoms with Gasteiger partial charge < -0.3 is 15.0 Å². The summed E-state index contributed by atoms with van der Waals surface area (Å²) >= 11 is 0. The maximum Gasteiger partial charge on any atom is 0.224 e. The molecule has 0 radical (unpaired) electrons. The lowest BCUT2D eigenvalue weighted by atomic mass is 9.76. The minimum atomic E-state index is -0.957. The minimum absolute atomic E-state index is 0.141. The maximum atomic E-state index is 13.4. The van der Waals surface area contributed by atoms with Crippen molar-refractivity contribution in [3.63, 3.8) is 0 Å². The fourth-order valence-electron chi connectivity index (χ4n) is 6.38. The van der Waals surface area contributed by atoms with E-state index in [1.165, 1.54) is 0 Å². The van der Waals surface area contributed by atoms with Crippen molar-refractivity contribution in [2.45, 2.75) is 30.3 Å². The van der Waals surface area contributed by atoms with Crippen LogP contribution in [0.1, 0.15) is 33.5 Å². The zero-order chi connectivity index (χ0) is 31.0. The number of hydrogen-bond acceptors (Lipinski definition) is 3. The number of amides is 1. The summed E-state index contributed by atoms with van der Waals surface area (Å²) < 4.78 is 2.17. The third-order valence-corrected chi connectivity index (χ3v) is 8.42. The highest BCUT2D eigenvalue weighted by Gasteiger charge is 2.39. The zero-order valence-corrected chi connectivity index (χ0v) is 25.2. The van der Waals surface area contributed by atoms with E-state index in [1.807, 2.05) is 85.2 Å². The molecule has 1 heterocycles. The van der Waals surface area contributed by atoms with E-state index in [2.05, 4.69) is 88.9 Å². The van der Waals surface area contributed by atoms with E-state index in [1.54, 1.807) is 0 Å². The van der Waals surface area contributed by atoms with Crippen LogP contribution in [0, 0.1) is 0 Å². The summed E-state index contributed by atoms with van der Waals surface area (Å²) in [6.45, 7) is -0.240. The number of carbonyl (C=O) groups is 1. The Morgan fingerprint density at radius 2 is 1.07 bits per heavy atom. The normalized spacial score (nSPS) is 12.7. The van der Waals surface area contributed by atoms with Gasteiger partial charge in [-0.1, -0.05) is 152 Å². The molecule has 1 atom stereocenters. The Morgan fingerprint density at radius 1 is 0.622 bits per heavy atom. The lowest BCUT2D eigenvalue weighted by Crippen LogP contribution is -2.55. The van der Waals surface area contributed by atoms with Crippen LogP contribution < -0.4 is 5.32 Å². The molecule has 1 aromatic heterocycles. The highest BCUT2D eigenvalue weighted by molar-refractivity contribution is 5.79.